The molecule has 2 N–H and O–H groups in total. The number of hydrogen-bond donors (Lipinski definition) is 1. The lowest BCUT2D eigenvalue weighted by Gasteiger charge is -2.39. The maximum absolute atomic E-state index is 12.3. The van der Waals surface area contributed by atoms with Gasteiger partial charge in [-0.2, -0.15) is 0 Å². The van der Waals surface area contributed by atoms with E-state index in [2.05, 4.69) is 13.0 Å². The Kier molecular flexibility index (Phi) is 8.77. The van der Waals surface area contributed by atoms with E-state index in [4.69, 9.17) is 10.5 Å². The van der Waals surface area contributed by atoms with Gasteiger partial charge in [0.25, 0.3) is 0 Å². The number of rotatable bonds is 11. The van der Waals surface area contributed by atoms with E-state index in [0.29, 0.717) is 25.2 Å². The molecule has 21 heavy (non-hydrogen) atoms. The standard InChI is InChI=1S/C17H30FNO2/c1-2-3-8-15(20)9-4-6-11-17(13-21-14-18)12-7-5-10-16(17)19/h5,10,16H,2-4,6-9,11-14,19H2,1H3/t16-,17+/m0/s1. The van der Waals surface area contributed by atoms with Crippen LogP contribution in [0, 0.1) is 5.41 Å². The molecule has 0 fully saturated rings. The Bertz CT molecular complexity index is 333. The summed E-state index contributed by atoms with van der Waals surface area (Å²) in [7, 11) is 0. The number of nitrogens with two attached hydrogens (primary N) is 1. The number of ketones is 1. The highest BCUT2D eigenvalue weighted by molar-refractivity contribution is 5.78. The zero-order chi connectivity index (χ0) is 15.6. The van der Waals surface area contributed by atoms with Gasteiger partial charge < -0.3 is 10.5 Å². The molecule has 1 aliphatic carbocycles. The van der Waals surface area contributed by atoms with Crippen molar-refractivity contribution in [2.45, 2.75) is 70.8 Å². The Labute approximate surface area is 128 Å². The third-order valence-electron chi connectivity index (χ3n) is 4.52. The molecule has 0 saturated heterocycles. The molecule has 0 bridgehead atoms. The second-order valence-electron chi connectivity index (χ2n) is 6.16. The summed E-state index contributed by atoms with van der Waals surface area (Å²) in [6.45, 7) is 1.71. The average molecular weight is 299 g/mol. The second-order valence-corrected chi connectivity index (χ2v) is 6.16. The summed E-state index contributed by atoms with van der Waals surface area (Å²) >= 11 is 0. The zero-order valence-corrected chi connectivity index (χ0v) is 13.3. The summed E-state index contributed by atoms with van der Waals surface area (Å²) in [5, 5.41) is 0. The molecule has 0 aromatic rings. The Morgan fingerprint density at radius 2 is 2.14 bits per heavy atom. The van der Waals surface area contributed by atoms with Gasteiger partial charge in [0.1, 0.15) is 5.78 Å². The molecular formula is C17H30FNO2. The quantitative estimate of drug-likeness (QED) is 0.465. The Balaban J connectivity index is 2.36. The molecule has 0 unspecified atom stereocenters. The van der Waals surface area contributed by atoms with Crippen LogP contribution >= 0.6 is 0 Å². The van der Waals surface area contributed by atoms with E-state index in [9.17, 15) is 9.18 Å². The molecule has 122 valence electrons. The normalized spacial score (nSPS) is 25.2. The molecule has 4 heteroatoms. The highest BCUT2D eigenvalue weighted by Crippen LogP contribution is 2.37. The highest BCUT2D eigenvalue weighted by Gasteiger charge is 2.36. The fraction of sp³-hybridized carbons (Fsp3) is 0.824. The summed E-state index contributed by atoms with van der Waals surface area (Å²) < 4.78 is 17.4. The molecule has 0 amide bonds. The van der Waals surface area contributed by atoms with Crippen molar-refractivity contribution < 1.29 is 13.9 Å². The first kappa shape index (κ1) is 18.3. The molecule has 2 atom stereocenters. The molecule has 0 spiro atoms. The van der Waals surface area contributed by atoms with Crippen molar-refractivity contribution in [2.24, 2.45) is 11.1 Å². The van der Waals surface area contributed by atoms with Crippen LogP contribution in [-0.4, -0.2) is 25.3 Å². The zero-order valence-electron chi connectivity index (χ0n) is 13.3. The molecular weight excluding hydrogens is 269 g/mol. The third kappa shape index (κ3) is 6.27. The monoisotopic (exact) mass is 299 g/mol. The van der Waals surface area contributed by atoms with Crippen LogP contribution in [0.5, 0.6) is 0 Å². The average Bonchev–Trinajstić information content (AvgIpc) is 2.50. The first-order valence-electron chi connectivity index (χ1n) is 8.22. The molecule has 1 rings (SSSR count). The lowest BCUT2D eigenvalue weighted by Crippen LogP contribution is -2.45. The van der Waals surface area contributed by atoms with Crippen molar-refractivity contribution in [3.05, 3.63) is 12.2 Å². The van der Waals surface area contributed by atoms with E-state index in [0.717, 1.165) is 44.9 Å². The van der Waals surface area contributed by atoms with Gasteiger partial charge in [-0.15, -0.1) is 0 Å². The van der Waals surface area contributed by atoms with Crippen molar-refractivity contribution in [2.75, 3.05) is 13.5 Å². The highest BCUT2D eigenvalue weighted by atomic mass is 19.1. The van der Waals surface area contributed by atoms with Crippen LogP contribution in [0.1, 0.15) is 64.7 Å². The molecule has 0 saturated carbocycles. The van der Waals surface area contributed by atoms with Crippen LogP contribution in [0.15, 0.2) is 12.2 Å². The smallest absolute Gasteiger partial charge is 0.188 e. The second kappa shape index (κ2) is 10.1. The first-order chi connectivity index (χ1) is 10.1. The largest absolute Gasteiger partial charge is 0.350 e. The maximum atomic E-state index is 12.3. The Morgan fingerprint density at radius 1 is 1.38 bits per heavy atom. The number of allylic oxidation sites excluding steroid dienone is 1. The summed E-state index contributed by atoms with van der Waals surface area (Å²) in [6, 6.07) is -0.0754. The van der Waals surface area contributed by atoms with Crippen LogP contribution in [0.4, 0.5) is 4.39 Å². The Morgan fingerprint density at radius 3 is 2.81 bits per heavy atom. The van der Waals surface area contributed by atoms with Gasteiger partial charge >= 0.3 is 0 Å². The van der Waals surface area contributed by atoms with Gasteiger partial charge in [0.05, 0.1) is 6.61 Å². The van der Waals surface area contributed by atoms with E-state index >= 15 is 0 Å². The van der Waals surface area contributed by atoms with Crippen molar-refractivity contribution in [3.8, 4) is 0 Å². The van der Waals surface area contributed by atoms with Crippen LogP contribution in [0.3, 0.4) is 0 Å². The molecule has 0 aliphatic heterocycles. The molecule has 0 aromatic heterocycles. The summed E-state index contributed by atoms with van der Waals surface area (Å²) in [4.78, 5) is 11.7. The summed E-state index contributed by atoms with van der Waals surface area (Å²) in [5.74, 6) is 0.360. The number of Topliss-reactive ketones (excluding diaryl/α,β-unsaturated/α-hetero) is 1. The minimum atomic E-state index is -0.756. The van der Waals surface area contributed by atoms with E-state index < -0.39 is 6.86 Å². The van der Waals surface area contributed by atoms with Crippen LogP contribution in [0.25, 0.3) is 0 Å². The number of unbranched alkanes of at least 4 members (excludes halogenated alkanes) is 2. The van der Waals surface area contributed by atoms with E-state index in [-0.39, 0.29) is 11.5 Å². The van der Waals surface area contributed by atoms with E-state index in [1.54, 1.807) is 0 Å². The lowest BCUT2D eigenvalue weighted by molar-refractivity contribution is -0.119. The molecule has 0 heterocycles. The first-order valence-corrected chi connectivity index (χ1v) is 8.22. The summed E-state index contributed by atoms with van der Waals surface area (Å²) in [6.07, 6.45) is 12.2. The number of carbonyl (C=O) groups excluding carboxylic acids is 1. The minimum Gasteiger partial charge on any atom is -0.350 e. The van der Waals surface area contributed by atoms with Crippen LogP contribution < -0.4 is 5.73 Å². The molecule has 0 radical (unpaired) electrons. The predicted molar refractivity (Wildman–Crippen MR) is 83.7 cm³/mol. The van der Waals surface area contributed by atoms with Crippen LogP contribution in [-0.2, 0) is 9.53 Å². The van der Waals surface area contributed by atoms with Gasteiger partial charge in [-0.1, -0.05) is 31.9 Å². The Hall–Kier alpha value is -0.740. The van der Waals surface area contributed by atoms with Gasteiger partial charge in [0.2, 0.25) is 0 Å². The van der Waals surface area contributed by atoms with Crippen LogP contribution in [0.2, 0.25) is 0 Å². The van der Waals surface area contributed by atoms with Crippen molar-refractivity contribution in [1.82, 2.24) is 0 Å². The SMILES string of the molecule is CCCCC(=O)CCCC[C@]1(COCF)CCC=C[C@@H]1N. The minimum absolute atomic E-state index is 0.0754. The predicted octanol–water partition coefficient (Wildman–Crippen LogP) is 3.91. The van der Waals surface area contributed by atoms with E-state index in [1.165, 1.54) is 0 Å². The maximum Gasteiger partial charge on any atom is 0.188 e. The van der Waals surface area contributed by atoms with Gasteiger partial charge in [-0.3, -0.25) is 4.79 Å². The van der Waals surface area contributed by atoms with Crippen molar-refractivity contribution in [1.29, 1.82) is 0 Å². The lowest BCUT2D eigenvalue weighted by atomic mass is 9.71. The number of carbonyl (C=O) groups is 1. The van der Waals surface area contributed by atoms with Gasteiger partial charge in [0, 0.05) is 24.3 Å². The number of hydrogen-bond acceptors (Lipinski definition) is 3. The molecule has 3 nitrogen and oxygen atoms in total. The van der Waals surface area contributed by atoms with Crippen molar-refractivity contribution >= 4 is 5.78 Å². The number of alkyl halides is 1. The third-order valence-corrected chi connectivity index (χ3v) is 4.52. The number of halogens is 1. The van der Waals surface area contributed by atoms with Gasteiger partial charge in [-0.25, -0.2) is 4.39 Å². The fourth-order valence-corrected chi connectivity index (χ4v) is 3.06. The van der Waals surface area contributed by atoms with Gasteiger partial charge in [-0.05, 0) is 32.1 Å². The molecule has 0 aromatic carbocycles. The van der Waals surface area contributed by atoms with E-state index in [1.807, 2.05) is 6.08 Å². The fourth-order valence-electron chi connectivity index (χ4n) is 3.06. The molecule has 1 aliphatic rings. The number of ether oxygens (including phenoxy) is 1. The topological polar surface area (TPSA) is 52.3 Å². The van der Waals surface area contributed by atoms with Gasteiger partial charge in [0.15, 0.2) is 6.86 Å². The summed E-state index contributed by atoms with van der Waals surface area (Å²) in [5.41, 5.74) is 6.05. The van der Waals surface area contributed by atoms with Crippen molar-refractivity contribution in [3.63, 3.8) is 0 Å².